The fraction of sp³-hybridized carbons (Fsp3) is 0.333. The maximum atomic E-state index is 3.67. The van der Waals surface area contributed by atoms with Gasteiger partial charge in [0.1, 0.15) is 0 Å². The van der Waals surface area contributed by atoms with Crippen LogP contribution in [0.1, 0.15) is 24.6 Å². The normalized spacial score (nSPS) is 9.70. The van der Waals surface area contributed by atoms with Gasteiger partial charge in [-0.25, -0.2) is 0 Å². The van der Waals surface area contributed by atoms with Crippen LogP contribution in [0.25, 0.3) is 6.08 Å². The van der Waals surface area contributed by atoms with Crippen molar-refractivity contribution < 1.29 is 0 Å². The average molecular weight is 135 g/mol. The van der Waals surface area contributed by atoms with E-state index in [0.29, 0.717) is 0 Å². The monoisotopic (exact) mass is 135 g/mol. The minimum Gasteiger partial charge on any atom is -0.361 e. The summed E-state index contributed by atoms with van der Waals surface area (Å²) in [5.41, 5.74) is 2.49. The molecule has 1 N–H and O–H groups in total. The number of rotatable bonds is 3. The Hall–Kier alpha value is -0.980. The average Bonchev–Trinajstić information content (AvgIpc) is 2.37. The summed E-state index contributed by atoms with van der Waals surface area (Å²) in [6.45, 7) is 5.85. The summed E-state index contributed by atoms with van der Waals surface area (Å²) in [4.78, 5) is 3.12. The molecule has 0 aromatic carbocycles. The number of aromatic nitrogens is 1. The largest absolute Gasteiger partial charge is 0.361 e. The molecule has 1 heteroatoms. The Kier molecular flexibility index (Phi) is 2.32. The summed E-state index contributed by atoms with van der Waals surface area (Å²) in [6.07, 6.45) is 6.23. The van der Waals surface area contributed by atoms with Crippen molar-refractivity contribution in [1.29, 1.82) is 0 Å². The Morgan fingerprint density at radius 3 is 3.00 bits per heavy atom. The number of aromatic amines is 1. The first-order valence-corrected chi connectivity index (χ1v) is 3.66. The summed E-state index contributed by atoms with van der Waals surface area (Å²) >= 11 is 0. The lowest BCUT2D eigenvalue weighted by atomic mass is 10.2. The van der Waals surface area contributed by atoms with Crippen LogP contribution in [0.5, 0.6) is 0 Å². The van der Waals surface area contributed by atoms with Crippen molar-refractivity contribution in [3.8, 4) is 0 Å². The van der Waals surface area contributed by atoms with Crippen molar-refractivity contribution in [3.05, 3.63) is 30.1 Å². The van der Waals surface area contributed by atoms with E-state index >= 15 is 0 Å². The predicted octanol–water partition coefficient (Wildman–Crippen LogP) is 2.61. The van der Waals surface area contributed by atoms with E-state index in [9.17, 15) is 0 Å². The molecule has 1 aromatic heterocycles. The third-order valence-corrected chi connectivity index (χ3v) is 1.52. The molecule has 1 heterocycles. The van der Waals surface area contributed by atoms with Gasteiger partial charge in [0.2, 0.25) is 0 Å². The molecule has 1 rings (SSSR count). The second kappa shape index (κ2) is 3.25. The summed E-state index contributed by atoms with van der Waals surface area (Å²) in [5.74, 6) is 0. The second-order valence-electron chi connectivity index (χ2n) is 2.42. The van der Waals surface area contributed by atoms with Gasteiger partial charge < -0.3 is 4.98 Å². The first kappa shape index (κ1) is 7.13. The SMILES string of the molecule is C=Cc1cc(CCC)c[nH]1. The molecule has 1 nitrogen and oxygen atoms in total. The molecular formula is C9H13N. The minimum absolute atomic E-state index is 1.11. The van der Waals surface area contributed by atoms with Gasteiger partial charge in [-0.2, -0.15) is 0 Å². The summed E-state index contributed by atoms with van der Waals surface area (Å²) < 4.78 is 0. The van der Waals surface area contributed by atoms with Crippen LogP contribution in [-0.2, 0) is 6.42 Å². The fourth-order valence-corrected chi connectivity index (χ4v) is 1.01. The topological polar surface area (TPSA) is 15.8 Å². The molecule has 1 aromatic rings. The molecule has 0 fully saturated rings. The molecule has 0 amide bonds. The van der Waals surface area contributed by atoms with E-state index in [1.165, 1.54) is 12.0 Å². The van der Waals surface area contributed by atoms with Gasteiger partial charge in [-0.3, -0.25) is 0 Å². The summed E-state index contributed by atoms with van der Waals surface area (Å²) in [6, 6.07) is 2.14. The van der Waals surface area contributed by atoms with Crippen molar-refractivity contribution in [1.82, 2.24) is 4.98 Å². The fourth-order valence-electron chi connectivity index (χ4n) is 1.01. The molecule has 54 valence electrons. The van der Waals surface area contributed by atoms with Crippen LogP contribution in [0.15, 0.2) is 18.8 Å². The Labute approximate surface area is 61.8 Å². The number of aryl methyl sites for hydroxylation is 1. The second-order valence-corrected chi connectivity index (χ2v) is 2.42. The van der Waals surface area contributed by atoms with Gasteiger partial charge in [-0.1, -0.05) is 19.9 Å². The maximum absolute atomic E-state index is 3.67. The highest BCUT2D eigenvalue weighted by Gasteiger charge is 1.92. The quantitative estimate of drug-likeness (QED) is 0.655. The molecule has 0 unspecified atom stereocenters. The third kappa shape index (κ3) is 1.50. The lowest BCUT2D eigenvalue weighted by molar-refractivity contribution is 0.923. The van der Waals surface area contributed by atoms with Crippen molar-refractivity contribution in [3.63, 3.8) is 0 Å². The van der Waals surface area contributed by atoms with Crippen LogP contribution in [-0.4, -0.2) is 4.98 Å². The first-order valence-electron chi connectivity index (χ1n) is 3.66. The van der Waals surface area contributed by atoms with Crippen molar-refractivity contribution in [2.45, 2.75) is 19.8 Å². The van der Waals surface area contributed by atoms with E-state index in [1.54, 1.807) is 0 Å². The molecule has 0 spiro atoms. The highest BCUT2D eigenvalue weighted by atomic mass is 14.7. The molecular weight excluding hydrogens is 122 g/mol. The van der Waals surface area contributed by atoms with E-state index in [1.807, 2.05) is 12.3 Å². The van der Waals surface area contributed by atoms with Gasteiger partial charge >= 0.3 is 0 Å². The summed E-state index contributed by atoms with van der Waals surface area (Å²) in [5, 5.41) is 0. The molecule has 0 saturated heterocycles. The van der Waals surface area contributed by atoms with Crippen LogP contribution in [0.2, 0.25) is 0 Å². The van der Waals surface area contributed by atoms with E-state index in [-0.39, 0.29) is 0 Å². The zero-order chi connectivity index (χ0) is 7.40. The van der Waals surface area contributed by atoms with E-state index in [0.717, 1.165) is 12.1 Å². The zero-order valence-corrected chi connectivity index (χ0v) is 6.35. The standard InChI is InChI=1S/C9H13N/c1-3-5-8-6-9(4-2)10-7-8/h4,6-7,10H,2-3,5H2,1H3. The smallest absolute Gasteiger partial charge is 0.0377 e. The number of hydrogen-bond donors (Lipinski definition) is 1. The van der Waals surface area contributed by atoms with Gasteiger partial charge in [-0.05, 0) is 24.1 Å². The van der Waals surface area contributed by atoms with Crippen molar-refractivity contribution >= 4 is 6.08 Å². The highest BCUT2D eigenvalue weighted by molar-refractivity contribution is 5.43. The lowest BCUT2D eigenvalue weighted by Gasteiger charge is -1.86. The van der Waals surface area contributed by atoms with Crippen LogP contribution in [0.4, 0.5) is 0 Å². The molecule has 0 bridgehead atoms. The highest BCUT2D eigenvalue weighted by Crippen LogP contribution is 2.06. The zero-order valence-electron chi connectivity index (χ0n) is 6.35. The number of nitrogens with one attached hydrogen (secondary N) is 1. The van der Waals surface area contributed by atoms with E-state index in [4.69, 9.17) is 0 Å². The minimum atomic E-state index is 1.11. The Morgan fingerprint density at radius 2 is 2.50 bits per heavy atom. The predicted molar refractivity (Wildman–Crippen MR) is 44.9 cm³/mol. The molecule has 0 saturated carbocycles. The maximum Gasteiger partial charge on any atom is 0.0377 e. The van der Waals surface area contributed by atoms with Gasteiger partial charge in [0, 0.05) is 11.9 Å². The first-order chi connectivity index (χ1) is 4.86. The van der Waals surface area contributed by atoms with Crippen LogP contribution in [0.3, 0.4) is 0 Å². The Bertz CT molecular complexity index is 210. The van der Waals surface area contributed by atoms with Gasteiger partial charge in [0.05, 0.1) is 0 Å². The van der Waals surface area contributed by atoms with Crippen LogP contribution < -0.4 is 0 Å². The number of hydrogen-bond acceptors (Lipinski definition) is 0. The Balaban J connectivity index is 2.68. The van der Waals surface area contributed by atoms with Gasteiger partial charge in [0.25, 0.3) is 0 Å². The van der Waals surface area contributed by atoms with Crippen LogP contribution in [0, 0.1) is 0 Å². The number of H-pyrrole nitrogens is 1. The molecule has 0 atom stereocenters. The van der Waals surface area contributed by atoms with Gasteiger partial charge in [-0.15, -0.1) is 0 Å². The van der Waals surface area contributed by atoms with Crippen LogP contribution >= 0.6 is 0 Å². The van der Waals surface area contributed by atoms with Crippen molar-refractivity contribution in [2.24, 2.45) is 0 Å². The van der Waals surface area contributed by atoms with Gasteiger partial charge in [0.15, 0.2) is 0 Å². The molecule has 0 aliphatic carbocycles. The molecule has 0 radical (unpaired) electrons. The van der Waals surface area contributed by atoms with Crippen molar-refractivity contribution in [2.75, 3.05) is 0 Å². The molecule has 0 aliphatic rings. The lowest BCUT2D eigenvalue weighted by Crippen LogP contribution is -1.74. The van der Waals surface area contributed by atoms with E-state index in [2.05, 4.69) is 24.6 Å². The summed E-state index contributed by atoms with van der Waals surface area (Å²) in [7, 11) is 0. The van der Waals surface area contributed by atoms with E-state index < -0.39 is 0 Å². The Morgan fingerprint density at radius 1 is 1.70 bits per heavy atom. The third-order valence-electron chi connectivity index (χ3n) is 1.52. The molecule has 10 heavy (non-hydrogen) atoms. The molecule has 0 aliphatic heterocycles.